The fourth-order valence-corrected chi connectivity index (χ4v) is 2.35. The summed E-state index contributed by atoms with van der Waals surface area (Å²) in [6.45, 7) is 6.52. The summed E-state index contributed by atoms with van der Waals surface area (Å²) < 4.78 is 5.40. The van der Waals surface area contributed by atoms with Gasteiger partial charge in [0, 0.05) is 32.2 Å². The summed E-state index contributed by atoms with van der Waals surface area (Å²) in [5.74, 6) is 0.461. The molecule has 0 amide bonds. The number of ether oxygens (including phenoxy) is 1. The Morgan fingerprint density at radius 3 is 2.86 bits per heavy atom. The van der Waals surface area contributed by atoms with Crippen molar-refractivity contribution < 1.29 is 4.74 Å². The fourth-order valence-electron chi connectivity index (χ4n) is 2.20. The van der Waals surface area contributed by atoms with Gasteiger partial charge in [0.25, 0.3) is 0 Å². The van der Waals surface area contributed by atoms with Crippen LogP contribution in [-0.2, 0) is 0 Å². The second kappa shape index (κ2) is 7.72. The molecule has 1 atom stereocenters. The zero-order valence-electron chi connectivity index (χ0n) is 12.8. The highest BCUT2D eigenvalue weighted by atomic mass is 35.5. The first-order valence-corrected chi connectivity index (χ1v) is 7.63. The molecule has 0 bridgehead atoms. The molecule has 118 valence electrons. The number of halogens is 1. The molecule has 0 spiro atoms. The molecule has 8 heteroatoms. The molecule has 1 N–H and O–H groups in total. The molecule has 2 rings (SSSR count). The Balaban J connectivity index is 1.94. The lowest BCUT2D eigenvalue weighted by molar-refractivity contribution is 0.121. The van der Waals surface area contributed by atoms with E-state index in [9.17, 15) is 0 Å². The third kappa shape index (κ3) is 4.94. The smallest absolute Gasteiger partial charge is 0.322 e. The molecule has 1 aliphatic heterocycles. The van der Waals surface area contributed by atoms with Crippen molar-refractivity contribution in [3.8, 4) is 6.01 Å². The Hall–Kier alpha value is -1.18. The minimum atomic E-state index is 0.146. The zero-order valence-corrected chi connectivity index (χ0v) is 13.6. The Morgan fingerprint density at radius 1 is 1.29 bits per heavy atom. The van der Waals surface area contributed by atoms with Crippen molar-refractivity contribution in [1.29, 1.82) is 0 Å². The largest absolute Gasteiger partial charge is 0.463 e. The molecule has 21 heavy (non-hydrogen) atoms. The van der Waals surface area contributed by atoms with Gasteiger partial charge < -0.3 is 15.0 Å². The van der Waals surface area contributed by atoms with Gasteiger partial charge >= 0.3 is 6.01 Å². The zero-order chi connectivity index (χ0) is 15.2. The lowest BCUT2D eigenvalue weighted by Gasteiger charge is -2.37. The number of hydrogen-bond donors (Lipinski definition) is 1. The van der Waals surface area contributed by atoms with E-state index in [0.29, 0.717) is 18.6 Å². The summed E-state index contributed by atoms with van der Waals surface area (Å²) >= 11 is 5.90. The van der Waals surface area contributed by atoms with Crippen LogP contribution in [0.3, 0.4) is 0 Å². The Kier molecular flexibility index (Phi) is 5.96. The van der Waals surface area contributed by atoms with Crippen molar-refractivity contribution in [2.24, 2.45) is 0 Å². The molecule has 0 saturated carbocycles. The Morgan fingerprint density at radius 2 is 2.10 bits per heavy atom. The van der Waals surface area contributed by atoms with Crippen LogP contribution in [-0.4, -0.2) is 77.7 Å². The molecule has 1 saturated heterocycles. The van der Waals surface area contributed by atoms with Gasteiger partial charge in [0.1, 0.15) is 0 Å². The van der Waals surface area contributed by atoms with Crippen LogP contribution in [0.15, 0.2) is 0 Å². The average molecular weight is 315 g/mol. The minimum Gasteiger partial charge on any atom is -0.463 e. The molecule has 1 aromatic rings. The highest BCUT2D eigenvalue weighted by Gasteiger charge is 2.22. The van der Waals surface area contributed by atoms with E-state index < -0.39 is 0 Å². The van der Waals surface area contributed by atoms with Gasteiger partial charge in [-0.2, -0.15) is 15.0 Å². The first-order chi connectivity index (χ1) is 10.1. The maximum Gasteiger partial charge on any atom is 0.322 e. The van der Waals surface area contributed by atoms with Gasteiger partial charge in [-0.15, -0.1) is 0 Å². The van der Waals surface area contributed by atoms with E-state index in [1.807, 2.05) is 6.92 Å². The van der Waals surface area contributed by atoms with Gasteiger partial charge in [-0.05, 0) is 32.1 Å². The van der Waals surface area contributed by atoms with Crippen molar-refractivity contribution in [1.82, 2.24) is 24.8 Å². The number of aromatic nitrogens is 3. The summed E-state index contributed by atoms with van der Waals surface area (Å²) in [5, 5.41) is 3.37. The van der Waals surface area contributed by atoms with Crippen LogP contribution >= 0.6 is 11.6 Å². The molecule has 1 aromatic heterocycles. The monoisotopic (exact) mass is 314 g/mol. The quantitative estimate of drug-likeness (QED) is 0.839. The average Bonchev–Trinajstić information content (AvgIpc) is 2.45. The van der Waals surface area contributed by atoms with Crippen LogP contribution in [0, 0.1) is 0 Å². The van der Waals surface area contributed by atoms with Gasteiger partial charge in [0.2, 0.25) is 11.2 Å². The molecule has 0 aliphatic carbocycles. The number of anilines is 1. The van der Waals surface area contributed by atoms with Crippen molar-refractivity contribution in [2.45, 2.75) is 19.4 Å². The lowest BCUT2D eigenvalue weighted by Crippen LogP contribution is -2.52. The highest BCUT2D eigenvalue weighted by molar-refractivity contribution is 6.28. The summed E-state index contributed by atoms with van der Waals surface area (Å²) in [6, 6.07) is 0.688. The molecule has 1 unspecified atom stereocenters. The first kappa shape index (κ1) is 16.2. The maximum atomic E-state index is 5.90. The van der Waals surface area contributed by atoms with Crippen LogP contribution in [0.1, 0.15) is 13.3 Å². The molecule has 0 radical (unpaired) electrons. The fraction of sp³-hybridized carbons (Fsp3) is 0.769. The van der Waals surface area contributed by atoms with Gasteiger partial charge in [-0.3, -0.25) is 4.90 Å². The van der Waals surface area contributed by atoms with Gasteiger partial charge in [-0.1, -0.05) is 6.92 Å². The number of piperazine rings is 1. The summed E-state index contributed by atoms with van der Waals surface area (Å²) in [6.07, 6.45) is 0.894. The SMILES string of the molecule is CCCOc1nc(Cl)nc(NCC2CN(C)CCN2C)n1. The van der Waals surface area contributed by atoms with Gasteiger partial charge in [-0.25, -0.2) is 0 Å². The van der Waals surface area contributed by atoms with E-state index >= 15 is 0 Å². The third-order valence-corrected chi connectivity index (χ3v) is 3.67. The van der Waals surface area contributed by atoms with Crippen molar-refractivity contribution >= 4 is 17.5 Å². The number of hydrogen-bond acceptors (Lipinski definition) is 7. The molecule has 0 aromatic carbocycles. The summed E-state index contributed by atoms with van der Waals surface area (Å²) in [5.41, 5.74) is 0. The molecule has 7 nitrogen and oxygen atoms in total. The molecule has 2 heterocycles. The van der Waals surface area contributed by atoms with Gasteiger partial charge in [0.15, 0.2) is 0 Å². The molecule has 1 aliphatic rings. The van der Waals surface area contributed by atoms with Crippen molar-refractivity contribution in [3.05, 3.63) is 5.28 Å². The molecular weight excluding hydrogens is 292 g/mol. The summed E-state index contributed by atoms with van der Waals surface area (Å²) in [4.78, 5) is 16.9. The van der Waals surface area contributed by atoms with Crippen molar-refractivity contribution in [3.63, 3.8) is 0 Å². The van der Waals surface area contributed by atoms with Gasteiger partial charge in [0.05, 0.1) is 6.61 Å². The minimum absolute atomic E-state index is 0.146. The lowest BCUT2D eigenvalue weighted by atomic mass is 10.2. The topological polar surface area (TPSA) is 66.4 Å². The van der Waals surface area contributed by atoms with Crippen LogP contribution < -0.4 is 10.1 Å². The number of likely N-dealkylation sites (N-methyl/N-ethyl adjacent to an activating group) is 2. The van der Waals surface area contributed by atoms with E-state index in [0.717, 1.165) is 32.6 Å². The molecular formula is C13H23ClN6O. The highest BCUT2D eigenvalue weighted by Crippen LogP contribution is 2.13. The Bertz CT molecular complexity index is 460. The van der Waals surface area contributed by atoms with E-state index in [-0.39, 0.29) is 11.3 Å². The number of rotatable bonds is 6. The maximum absolute atomic E-state index is 5.90. The van der Waals surface area contributed by atoms with E-state index in [1.54, 1.807) is 0 Å². The van der Waals surface area contributed by atoms with Crippen LogP contribution in [0.25, 0.3) is 0 Å². The second-order valence-electron chi connectivity index (χ2n) is 5.34. The first-order valence-electron chi connectivity index (χ1n) is 7.25. The van der Waals surface area contributed by atoms with E-state index in [1.165, 1.54) is 0 Å². The number of nitrogens with one attached hydrogen (secondary N) is 1. The van der Waals surface area contributed by atoms with Crippen molar-refractivity contribution in [2.75, 3.05) is 52.2 Å². The van der Waals surface area contributed by atoms with E-state index in [2.05, 4.69) is 44.2 Å². The van der Waals surface area contributed by atoms with Crippen LogP contribution in [0.5, 0.6) is 6.01 Å². The van der Waals surface area contributed by atoms with Crippen LogP contribution in [0.4, 0.5) is 5.95 Å². The normalized spacial score (nSPS) is 20.5. The predicted octanol–water partition coefficient (Wildman–Crippen LogP) is 0.971. The Labute approximate surface area is 130 Å². The van der Waals surface area contributed by atoms with E-state index in [4.69, 9.17) is 16.3 Å². The number of nitrogens with zero attached hydrogens (tertiary/aromatic N) is 5. The molecule has 1 fully saturated rings. The second-order valence-corrected chi connectivity index (χ2v) is 5.67. The van der Waals surface area contributed by atoms with Crippen LogP contribution in [0.2, 0.25) is 5.28 Å². The standard InChI is InChI=1S/C13H23ClN6O/c1-4-7-21-13-17-11(14)16-12(18-13)15-8-10-9-19(2)5-6-20(10)3/h10H,4-9H2,1-3H3,(H,15,16,17,18). The summed E-state index contributed by atoms with van der Waals surface area (Å²) in [7, 11) is 4.27. The third-order valence-electron chi connectivity index (χ3n) is 3.50. The predicted molar refractivity (Wildman–Crippen MR) is 83.0 cm³/mol.